The van der Waals surface area contributed by atoms with Crippen LogP contribution in [0.15, 0.2) is 24.3 Å². The number of nitrogens with two attached hydrogens (primary N) is 1. The topological polar surface area (TPSA) is 82.5 Å². The van der Waals surface area contributed by atoms with E-state index in [1.54, 1.807) is 10.7 Å². The van der Waals surface area contributed by atoms with Crippen LogP contribution in [0.3, 0.4) is 0 Å². The Balaban J connectivity index is 2.04. The Morgan fingerprint density at radius 2 is 2.16 bits per heavy atom. The zero-order valence-electron chi connectivity index (χ0n) is 10.4. The molecule has 0 saturated heterocycles. The van der Waals surface area contributed by atoms with Crippen molar-refractivity contribution in [2.45, 2.75) is 6.54 Å². The van der Waals surface area contributed by atoms with Crippen molar-refractivity contribution in [3.05, 3.63) is 24.3 Å². The van der Waals surface area contributed by atoms with Crippen molar-refractivity contribution in [1.82, 2.24) is 9.78 Å². The van der Waals surface area contributed by atoms with Gasteiger partial charge in [-0.15, -0.1) is 0 Å². The molecule has 3 rings (SSSR count). The van der Waals surface area contributed by atoms with Crippen molar-refractivity contribution >= 4 is 5.82 Å². The summed E-state index contributed by atoms with van der Waals surface area (Å²) >= 11 is 0. The molecule has 0 spiro atoms. The Labute approximate surface area is 110 Å². The molecule has 1 aliphatic heterocycles. The number of nitrogens with zero attached hydrogens (tertiary/aromatic N) is 2. The molecule has 1 aliphatic rings. The van der Waals surface area contributed by atoms with Gasteiger partial charge < -0.3 is 20.3 Å². The fourth-order valence-electron chi connectivity index (χ4n) is 2.11. The number of aliphatic hydroxyl groups excluding tert-OH is 1. The summed E-state index contributed by atoms with van der Waals surface area (Å²) in [5.74, 6) is 1.93. The molecule has 100 valence electrons. The van der Waals surface area contributed by atoms with Crippen LogP contribution in [0, 0.1) is 0 Å². The quantitative estimate of drug-likeness (QED) is 0.857. The van der Waals surface area contributed by atoms with Gasteiger partial charge in [-0.1, -0.05) is 6.07 Å². The van der Waals surface area contributed by atoms with Crippen LogP contribution in [0.5, 0.6) is 11.5 Å². The molecule has 0 amide bonds. The fraction of sp³-hybridized carbons (Fsp3) is 0.308. The first-order chi connectivity index (χ1) is 9.29. The molecule has 19 heavy (non-hydrogen) atoms. The van der Waals surface area contributed by atoms with Crippen molar-refractivity contribution in [1.29, 1.82) is 0 Å². The van der Waals surface area contributed by atoms with Gasteiger partial charge in [0.15, 0.2) is 11.5 Å². The minimum absolute atomic E-state index is 0.00215. The monoisotopic (exact) mass is 261 g/mol. The van der Waals surface area contributed by atoms with Crippen LogP contribution in [-0.2, 0) is 6.54 Å². The molecule has 2 aromatic rings. The third-order valence-corrected chi connectivity index (χ3v) is 2.97. The van der Waals surface area contributed by atoms with E-state index in [1.807, 2.05) is 18.2 Å². The summed E-state index contributed by atoms with van der Waals surface area (Å²) in [4.78, 5) is 0. The Kier molecular flexibility index (Phi) is 3.00. The van der Waals surface area contributed by atoms with Crippen molar-refractivity contribution in [3.8, 4) is 22.8 Å². The lowest BCUT2D eigenvalue weighted by Gasteiger charge is -2.20. The van der Waals surface area contributed by atoms with Crippen molar-refractivity contribution in [2.75, 3.05) is 25.6 Å². The predicted molar refractivity (Wildman–Crippen MR) is 70.2 cm³/mol. The number of anilines is 1. The molecule has 1 aromatic carbocycles. The van der Waals surface area contributed by atoms with Gasteiger partial charge >= 0.3 is 0 Å². The predicted octanol–water partition coefficient (Wildman–Crippen LogP) is 0.896. The zero-order chi connectivity index (χ0) is 13.2. The molecule has 0 unspecified atom stereocenters. The molecule has 6 heteroatoms. The highest BCUT2D eigenvalue weighted by Gasteiger charge is 2.19. The summed E-state index contributed by atoms with van der Waals surface area (Å²) in [6.07, 6.45) is 0. The number of ether oxygens (including phenoxy) is 2. The summed E-state index contributed by atoms with van der Waals surface area (Å²) in [5, 5.41) is 13.3. The summed E-state index contributed by atoms with van der Waals surface area (Å²) in [7, 11) is 0. The Morgan fingerprint density at radius 3 is 3.00 bits per heavy atom. The molecule has 6 nitrogen and oxygen atoms in total. The van der Waals surface area contributed by atoms with Crippen LogP contribution in [0.4, 0.5) is 5.82 Å². The average molecular weight is 261 g/mol. The summed E-state index contributed by atoms with van der Waals surface area (Å²) in [5.41, 5.74) is 7.42. The number of benzene rings is 1. The Bertz CT molecular complexity index is 595. The number of hydrogen-bond donors (Lipinski definition) is 2. The third-order valence-electron chi connectivity index (χ3n) is 2.97. The van der Waals surface area contributed by atoms with Crippen LogP contribution >= 0.6 is 0 Å². The molecule has 0 aliphatic carbocycles. The Hall–Kier alpha value is -2.21. The van der Waals surface area contributed by atoms with E-state index in [-0.39, 0.29) is 6.61 Å². The zero-order valence-corrected chi connectivity index (χ0v) is 10.4. The molecule has 0 radical (unpaired) electrons. The van der Waals surface area contributed by atoms with Crippen LogP contribution in [0.25, 0.3) is 11.3 Å². The number of aliphatic hydroxyl groups is 1. The van der Waals surface area contributed by atoms with Crippen molar-refractivity contribution in [2.24, 2.45) is 0 Å². The van der Waals surface area contributed by atoms with Gasteiger partial charge in [0.1, 0.15) is 19.0 Å². The molecule has 2 heterocycles. The lowest BCUT2D eigenvalue weighted by Crippen LogP contribution is -2.15. The first-order valence-electron chi connectivity index (χ1n) is 6.13. The smallest absolute Gasteiger partial charge is 0.170 e. The van der Waals surface area contributed by atoms with Crippen LogP contribution < -0.4 is 15.2 Å². The normalized spacial score (nSPS) is 13.5. The van der Waals surface area contributed by atoms with Crippen molar-refractivity contribution < 1.29 is 14.6 Å². The van der Waals surface area contributed by atoms with Gasteiger partial charge in [-0.25, -0.2) is 4.68 Å². The van der Waals surface area contributed by atoms with Gasteiger partial charge in [0.2, 0.25) is 0 Å². The fourth-order valence-corrected chi connectivity index (χ4v) is 2.11. The van der Waals surface area contributed by atoms with Gasteiger partial charge in [-0.2, -0.15) is 5.10 Å². The van der Waals surface area contributed by atoms with E-state index in [1.165, 1.54) is 0 Å². The second-order valence-electron chi connectivity index (χ2n) is 4.23. The maximum absolute atomic E-state index is 8.95. The molecule has 0 saturated carbocycles. The summed E-state index contributed by atoms with van der Waals surface area (Å²) in [6.45, 7) is 1.45. The highest BCUT2D eigenvalue weighted by atomic mass is 16.6. The SMILES string of the molecule is Nc1cc(-c2cccc3c2OCCO3)nn1CCO. The standard InChI is InChI=1S/C13H15N3O3/c14-12-8-10(15-16(12)4-5-17)9-2-1-3-11-13(9)19-7-6-18-11/h1-3,8,17H,4-7,14H2. The van der Waals surface area contributed by atoms with Gasteiger partial charge in [0, 0.05) is 11.6 Å². The molecule has 0 atom stereocenters. The van der Waals surface area contributed by atoms with Crippen LogP contribution in [0.1, 0.15) is 0 Å². The van der Waals surface area contributed by atoms with E-state index in [4.69, 9.17) is 20.3 Å². The number of para-hydroxylation sites is 1. The Morgan fingerprint density at radius 1 is 1.32 bits per heavy atom. The second-order valence-corrected chi connectivity index (χ2v) is 4.23. The van der Waals surface area contributed by atoms with E-state index >= 15 is 0 Å². The lowest BCUT2D eigenvalue weighted by atomic mass is 10.1. The minimum Gasteiger partial charge on any atom is -0.486 e. The van der Waals surface area contributed by atoms with Crippen LogP contribution in [-0.4, -0.2) is 34.7 Å². The largest absolute Gasteiger partial charge is 0.486 e. The number of aromatic nitrogens is 2. The van der Waals surface area contributed by atoms with E-state index in [2.05, 4.69) is 5.10 Å². The van der Waals surface area contributed by atoms with Crippen molar-refractivity contribution in [3.63, 3.8) is 0 Å². The van der Waals surface area contributed by atoms with E-state index in [0.29, 0.717) is 37.0 Å². The molecular formula is C13H15N3O3. The number of rotatable bonds is 3. The average Bonchev–Trinajstić information content (AvgIpc) is 2.80. The summed E-state index contributed by atoms with van der Waals surface area (Å²) < 4.78 is 12.8. The molecule has 3 N–H and O–H groups in total. The highest BCUT2D eigenvalue weighted by Crippen LogP contribution is 2.39. The first kappa shape index (κ1) is 11.9. The number of fused-ring (bicyclic) bond motifs is 1. The maximum Gasteiger partial charge on any atom is 0.170 e. The van der Waals surface area contributed by atoms with Gasteiger partial charge in [0.25, 0.3) is 0 Å². The third kappa shape index (κ3) is 2.10. The van der Waals surface area contributed by atoms with E-state index in [9.17, 15) is 0 Å². The van der Waals surface area contributed by atoms with Gasteiger partial charge in [0.05, 0.1) is 18.8 Å². The molecule has 0 bridgehead atoms. The maximum atomic E-state index is 8.95. The summed E-state index contributed by atoms with van der Waals surface area (Å²) in [6, 6.07) is 7.44. The minimum atomic E-state index is -0.00215. The number of hydrogen-bond acceptors (Lipinski definition) is 5. The molecule has 1 aromatic heterocycles. The van der Waals surface area contributed by atoms with Gasteiger partial charge in [-0.3, -0.25) is 0 Å². The highest BCUT2D eigenvalue weighted by molar-refractivity contribution is 5.72. The lowest BCUT2D eigenvalue weighted by molar-refractivity contribution is 0.172. The van der Waals surface area contributed by atoms with Crippen LogP contribution in [0.2, 0.25) is 0 Å². The first-order valence-corrected chi connectivity index (χ1v) is 6.13. The van der Waals surface area contributed by atoms with Gasteiger partial charge in [-0.05, 0) is 12.1 Å². The van der Waals surface area contributed by atoms with E-state index < -0.39 is 0 Å². The van der Waals surface area contributed by atoms with E-state index in [0.717, 1.165) is 11.3 Å². The molecular weight excluding hydrogens is 246 g/mol. The molecule has 0 fully saturated rings. The second kappa shape index (κ2) is 4.81. The number of nitrogen functional groups attached to an aromatic ring is 1.